The van der Waals surface area contributed by atoms with Crippen molar-refractivity contribution in [2.24, 2.45) is 0 Å². The minimum Gasteiger partial charge on any atom is -0.437 e. The standard InChI is InChI=1S/C12H9ClN2O2/c13-12(16)17-11(9-5-1-3-7-14-9)10-6-2-4-8-15-10/h1-8,11H. The van der Waals surface area contributed by atoms with Crippen LogP contribution in [0, 0.1) is 0 Å². The minimum atomic E-state index is -0.883. The zero-order valence-electron chi connectivity index (χ0n) is 8.79. The topological polar surface area (TPSA) is 52.1 Å². The van der Waals surface area contributed by atoms with Gasteiger partial charge in [0.25, 0.3) is 0 Å². The van der Waals surface area contributed by atoms with Crippen LogP contribution in [0.25, 0.3) is 0 Å². The predicted molar refractivity (Wildman–Crippen MR) is 62.7 cm³/mol. The average molecular weight is 249 g/mol. The van der Waals surface area contributed by atoms with E-state index in [2.05, 4.69) is 9.97 Å². The maximum atomic E-state index is 10.9. The number of nitrogens with zero attached hydrogens (tertiary/aromatic N) is 2. The molecule has 0 fully saturated rings. The summed E-state index contributed by atoms with van der Waals surface area (Å²) >= 11 is 5.26. The number of pyridine rings is 2. The summed E-state index contributed by atoms with van der Waals surface area (Å²) in [5, 5.41) is 0. The molecule has 2 aromatic heterocycles. The van der Waals surface area contributed by atoms with Crippen molar-refractivity contribution in [2.45, 2.75) is 6.10 Å². The molecule has 0 aliphatic carbocycles. The van der Waals surface area contributed by atoms with E-state index in [1.165, 1.54) is 0 Å². The fourth-order valence-corrected chi connectivity index (χ4v) is 1.52. The third kappa shape index (κ3) is 3.01. The maximum Gasteiger partial charge on any atom is 0.404 e. The van der Waals surface area contributed by atoms with Crippen LogP contribution in [0.15, 0.2) is 48.8 Å². The molecule has 0 aliphatic rings. The van der Waals surface area contributed by atoms with Gasteiger partial charge in [-0.05, 0) is 24.3 Å². The highest BCUT2D eigenvalue weighted by Crippen LogP contribution is 2.23. The maximum absolute atomic E-state index is 10.9. The van der Waals surface area contributed by atoms with Gasteiger partial charge in [-0.25, -0.2) is 4.79 Å². The van der Waals surface area contributed by atoms with Crippen LogP contribution in [-0.4, -0.2) is 15.4 Å². The Morgan fingerprint density at radius 3 is 1.94 bits per heavy atom. The van der Waals surface area contributed by atoms with E-state index in [4.69, 9.17) is 16.3 Å². The summed E-state index contributed by atoms with van der Waals surface area (Å²) in [5.74, 6) is 0. The molecule has 0 saturated heterocycles. The van der Waals surface area contributed by atoms with E-state index >= 15 is 0 Å². The normalized spacial score (nSPS) is 10.2. The van der Waals surface area contributed by atoms with Gasteiger partial charge in [0.2, 0.25) is 0 Å². The Hall–Kier alpha value is -1.94. The Balaban J connectivity index is 2.36. The number of ether oxygens (including phenoxy) is 1. The molecule has 0 bridgehead atoms. The Bertz CT molecular complexity index is 451. The highest BCUT2D eigenvalue weighted by Gasteiger charge is 2.20. The first-order valence-electron chi connectivity index (χ1n) is 4.95. The van der Waals surface area contributed by atoms with Crippen LogP contribution in [0.5, 0.6) is 0 Å². The number of carbonyl (C=O) groups excluding carboxylic acids is 1. The quantitative estimate of drug-likeness (QED) is 0.784. The van der Waals surface area contributed by atoms with Crippen molar-refractivity contribution in [3.63, 3.8) is 0 Å². The molecule has 0 spiro atoms. The van der Waals surface area contributed by atoms with Crippen molar-refractivity contribution in [1.29, 1.82) is 0 Å². The summed E-state index contributed by atoms with van der Waals surface area (Å²) in [4.78, 5) is 19.2. The van der Waals surface area contributed by atoms with Crippen LogP contribution in [0.4, 0.5) is 4.79 Å². The molecular weight excluding hydrogens is 240 g/mol. The van der Waals surface area contributed by atoms with Gasteiger partial charge in [-0.1, -0.05) is 12.1 Å². The molecule has 0 saturated carbocycles. The summed E-state index contributed by atoms with van der Waals surface area (Å²) in [6.07, 6.45) is 2.56. The second kappa shape index (κ2) is 5.41. The molecule has 4 nitrogen and oxygen atoms in total. The van der Waals surface area contributed by atoms with E-state index in [1.54, 1.807) is 48.8 Å². The number of halogens is 1. The Morgan fingerprint density at radius 2 is 1.59 bits per heavy atom. The highest BCUT2D eigenvalue weighted by atomic mass is 35.5. The van der Waals surface area contributed by atoms with Gasteiger partial charge in [-0.3, -0.25) is 9.97 Å². The lowest BCUT2D eigenvalue weighted by Crippen LogP contribution is -2.10. The first-order valence-corrected chi connectivity index (χ1v) is 5.33. The van der Waals surface area contributed by atoms with Crippen molar-refractivity contribution >= 4 is 17.0 Å². The molecule has 2 rings (SSSR count). The first kappa shape index (κ1) is 11.5. The van der Waals surface area contributed by atoms with Gasteiger partial charge in [0, 0.05) is 24.0 Å². The zero-order valence-corrected chi connectivity index (χ0v) is 9.54. The van der Waals surface area contributed by atoms with Crippen molar-refractivity contribution in [2.75, 3.05) is 0 Å². The summed E-state index contributed by atoms with van der Waals surface area (Å²) < 4.78 is 5.02. The number of hydrogen-bond acceptors (Lipinski definition) is 4. The first-order chi connectivity index (χ1) is 8.27. The third-order valence-electron chi connectivity index (χ3n) is 2.12. The molecular formula is C12H9ClN2O2. The van der Waals surface area contributed by atoms with E-state index in [-0.39, 0.29) is 0 Å². The van der Waals surface area contributed by atoms with E-state index < -0.39 is 11.5 Å². The molecule has 2 heterocycles. The molecule has 86 valence electrons. The smallest absolute Gasteiger partial charge is 0.404 e. The largest absolute Gasteiger partial charge is 0.437 e. The highest BCUT2D eigenvalue weighted by molar-refractivity contribution is 6.61. The fraction of sp³-hybridized carbons (Fsp3) is 0.0833. The lowest BCUT2D eigenvalue weighted by molar-refractivity contribution is 0.138. The number of carbonyl (C=O) groups is 1. The summed E-state index contributed by atoms with van der Waals surface area (Å²) in [5.41, 5.74) is 0.284. The van der Waals surface area contributed by atoms with Gasteiger partial charge in [-0.2, -0.15) is 0 Å². The van der Waals surface area contributed by atoms with Crippen LogP contribution >= 0.6 is 11.6 Å². The molecule has 0 atom stereocenters. The summed E-state index contributed by atoms with van der Waals surface area (Å²) in [6.45, 7) is 0. The number of rotatable bonds is 3. The lowest BCUT2D eigenvalue weighted by atomic mass is 10.1. The average Bonchev–Trinajstić information content (AvgIpc) is 2.38. The van der Waals surface area contributed by atoms with E-state index in [1.807, 2.05) is 0 Å². The van der Waals surface area contributed by atoms with Crippen LogP contribution in [-0.2, 0) is 4.74 Å². The summed E-state index contributed by atoms with van der Waals surface area (Å²) in [7, 11) is 0. The SMILES string of the molecule is O=C(Cl)OC(c1ccccn1)c1ccccn1. The molecule has 0 radical (unpaired) electrons. The number of aromatic nitrogens is 2. The zero-order chi connectivity index (χ0) is 12.1. The lowest BCUT2D eigenvalue weighted by Gasteiger charge is -2.14. The van der Waals surface area contributed by atoms with Gasteiger partial charge in [0.15, 0.2) is 6.10 Å². The fourth-order valence-electron chi connectivity index (χ4n) is 1.43. The monoisotopic (exact) mass is 248 g/mol. The van der Waals surface area contributed by atoms with Gasteiger partial charge in [-0.15, -0.1) is 0 Å². The van der Waals surface area contributed by atoms with Crippen LogP contribution in [0.2, 0.25) is 0 Å². The van der Waals surface area contributed by atoms with Crippen molar-refractivity contribution in [3.05, 3.63) is 60.2 Å². The molecule has 0 amide bonds. The second-order valence-corrected chi connectivity index (χ2v) is 3.55. The predicted octanol–water partition coefficient (Wildman–Crippen LogP) is 2.94. The van der Waals surface area contributed by atoms with Crippen LogP contribution in [0.3, 0.4) is 0 Å². The molecule has 0 aliphatic heterocycles. The van der Waals surface area contributed by atoms with E-state index in [0.29, 0.717) is 11.4 Å². The van der Waals surface area contributed by atoms with Gasteiger partial charge in [0.05, 0.1) is 11.4 Å². The van der Waals surface area contributed by atoms with Gasteiger partial charge in [0.1, 0.15) is 0 Å². The molecule has 0 aromatic carbocycles. The molecule has 0 N–H and O–H groups in total. The Kier molecular flexibility index (Phi) is 3.67. The second-order valence-electron chi connectivity index (χ2n) is 3.24. The Labute approximate surface area is 103 Å². The van der Waals surface area contributed by atoms with E-state index in [9.17, 15) is 4.79 Å². The van der Waals surface area contributed by atoms with Crippen molar-refractivity contribution in [3.8, 4) is 0 Å². The number of hydrogen-bond donors (Lipinski definition) is 0. The van der Waals surface area contributed by atoms with Crippen molar-refractivity contribution < 1.29 is 9.53 Å². The summed E-state index contributed by atoms with van der Waals surface area (Å²) in [6, 6.07) is 10.7. The Morgan fingerprint density at radius 1 is 1.06 bits per heavy atom. The van der Waals surface area contributed by atoms with Gasteiger partial charge < -0.3 is 4.74 Å². The van der Waals surface area contributed by atoms with Crippen LogP contribution < -0.4 is 0 Å². The third-order valence-corrected chi connectivity index (χ3v) is 2.21. The molecule has 2 aromatic rings. The molecule has 17 heavy (non-hydrogen) atoms. The molecule has 5 heteroatoms. The minimum absolute atomic E-state index is 0.584. The molecule has 0 unspecified atom stereocenters. The van der Waals surface area contributed by atoms with Gasteiger partial charge >= 0.3 is 5.43 Å². The van der Waals surface area contributed by atoms with E-state index in [0.717, 1.165) is 0 Å². The van der Waals surface area contributed by atoms with Crippen molar-refractivity contribution in [1.82, 2.24) is 9.97 Å². The van der Waals surface area contributed by atoms with Crippen LogP contribution in [0.1, 0.15) is 17.5 Å².